The Balaban J connectivity index is 3.56. The van der Waals surface area contributed by atoms with Crippen LogP contribution in [0.25, 0.3) is 0 Å². The van der Waals surface area contributed by atoms with Crippen molar-refractivity contribution in [1.82, 2.24) is 5.32 Å². The van der Waals surface area contributed by atoms with Crippen LogP contribution < -0.4 is 5.32 Å². The quantitative estimate of drug-likeness (QED) is 0.478. The van der Waals surface area contributed by atoms with Gasteiger partial charge in [-0.3, -0.25) is 4.79 Å². The SMILES string of the molecule is C=C(CCC)C(=O)NCOC. The molecule has 3 heteroatoms. The van der Waals surface area contributed by atoms with E-state index >= 15 is 0 Å². The highest BCUT2D eigenvalue weighted by Gasteiger charge is 2.03. The second-order valence-electron chi connectivity index (χ2n) is 2.29. The predicted octanol–water partition coefficient (Wildman–Crippen LogP) is 1.06. The summed E-state index contributed by atoms with van der Waals surface area (Å²) in [7, 11) is 1.53. The maximum atomic E-state index is 11.0. The molecule has 1 amide bonds. The van der Waals surface area contributed by atoms with Gasteiger partial charge in [0.1, 0.15) is 6.73 Å². The Morgan fingerprint density at radius 1 is 1.64 bits per heavy atom. The summed E-state index contributed by atoms with van der Waals surface area (Å²) in [5.74, 6) is -0.117. The highest BCUT2D eigenvalue weighted by atomic mass is 16.5. The highest BCUT2D eigenvalue weighted by Crippen LogP contribution is 2.00. The first-order valence-electron chi connectivity index (χ1n) is 3.67. The van der Waals surface area contributed by atoms with Gasteiger partial charge in [0.25, 0.3) is 0 Å². The number of methoxy groups -OCH3 is 1. The maximum absolute atomic E-state index is 11.0. The molecule has 3 nitrogen and oxygen atoms in total. The Morgan fingerprint density at radius 3 is 2.73 bits per heavy atom. The van der Waals surface area contributed by atoms with Crippen LogP contribution in [0.3, 0.4) is 0 Å². The highest BCUT2D eigenvalue weighted by molar-refractivity contribution is 5.92. The van der Waals surface area contributed by atoms with Crippen molar-refractivity contribution in [3.05, 3.63) is 12.2 Å². The van der Waals surface area contributed by atoms with Crippen molar-refractivity contribution in [3.8, 4) is 0 Å². The summed E-state index contributed by atoms with van der Waals surface area (Å²) < 4.78 is 4.67. The Bertz CT molecular complexity index is 143. The first-order chi connectivity index (χ1) is 5.22. The fourth-order valence-corrected chi connectivity index (χ4v) is 0.678. The summed E-state index contributed by atoms with van der Waals surface area (Å²) in [5.41, 5.74) is 0.615. The van der Waals surface area contributed by atoms with Gasteiger partial charge in [0.05, 0.1) is 0 Å². The fraction of sp³-hybridized carbons (Fsp3) is 0.625. The van der Waals surface area contributed by atoms with Crippen LogP contribution in [-0.2, 0) is 9.53 Å². The standard InChI is InChI=1S/C8H15NO2/c1-4-5-7(2)8(10)9-6-11-3/h2,4-6H2,1,3H3,(H,9,10). The molecule has 0 bridgehead atoms. The smallest absolute Gasteiger partial charge is 0.248 e. The van der Waals surface area contributed by atoms with E-state index in [0.717, 1.165) is 12.8 Å². The lowest BCUT2D eigenvalue weighted by molar-refractivity contribution is -0.119. The predicted molar refractivity (Wildman–Crippen MR) is 44.1 cm³/mol. The number of carbonyl (C=O) groups is 1. The Labute approximate surface area is 67.4 Å². The Morgan fingerprint density at radius 2 is 2.27 bits per heavy atom. The topological polar surface area (TPSA) is 38.3 Å². The molecule has 11 heavy (non-hydrogen) atoms. The average molecular weight is 157 g/mol. The number of ether oxygens (including phenoxy) is 1. The molecule has 0 fully saturated rings. The minimum atomic E-state index is -0.117. The summed E-state index contributed by atoms with van der Waals surface area (Å²) in [6, 6.07) is 0. The van der Waals surface area contributed by atoms with Crippen LogP contribution in [0, 0.1) is 0 Å². The summed E-state index contributed by atoms with van der Waals surface area (Å²) in [6.07, 6.45) is 1.69. The van der Waals surface area contributed by atoms with E-state index < -0.39 is 0 Å². The first-order valence-corrected chi connectivity index (χ1v) is 3.67. The summed E-state index contributed by atoms with van der Waals surface area (Å²) in [5, 5.41) is 2.56. The monoisotopic (exact) mass is 157 g/mol. The average Bonchev–Trinajstić information content (AvgIpc) is 2.00. The number of hydrogen-bond donors (Lipinski definition) is 1. The van der Waals surface area contributed by atoms with Gasteiger partial charge in [-0.15, -0.1) is 0 Å². The Hall–Kier alpha value is -0.830. The number of amides is 1. The molecule has 64 valence electrons. The molecule has 0 saturated heterocycles. The van der Waals surface area contributed by atoms with Crippen molar-refractivity contribution >= 4 is 5.91 Å². The molecule has 0 heterocycles. The lowest BCUT2D eigenvalue weighted by Crippen LogP contribution is -2.26. The van der Waals surface area contributed by atoms with Gasteiger partial charge >= 0.3 is 0 Å². The molecule has 0 aromatic rings. The van der Waals surface area contributed by atoms with Crippen LogP contribution in [0.5, 0.6) is 0 Å². The summed E-state index contributed by atoms with van der Waals surface area (Å²) >= 11 is 0. The second kappa shape index (κ2) is 5.92. The second-order valence-corrected chi connectivity index (χ2v) is 2.29. The van der Waals surface area contributed by atoms with Crippen molar-refractivity contribution in [2.24, 2.45) is 0 Å². The van der Waals surface area contributed by atoms with Crippen LogP contribution in [0.1, 0.15) is 19.8 Å². The zero-order chi connectivity index (χ0) is 8.69. The third-order valence-electron chi connectivity index (χ3n) is 1.25. The lowest BCUT2D eigenvalue weighted by Gasteiger charge is -2.04. The van der Waals surface area contributed by atoms with Crippen LogP contribution in [0.2, 0.25) is 0 Å². The van der Waals surface area contributed by atoms with Crippen LogP contribution in [0.15, 0.2) is 12.2 Å². The molecular weight excluding hydrogens is 142 g/mol. The van der Waals surface area contributed by atoms with Crippen molar-refractivity contribution in [2.45, 2.75) is 19.8 Å². The molecule has 0 aliphatic carbocycles. The van der Waals surface area contributed by atoms with Crippen molar-refractivity contribution in [2.75, 3.05) is 13.8 Å². The van der Waals surface area contributed by atoms with Gasteiger partial charge in [0, 0.05) is 12.7 Å². The lowest BCUT2D eigenvalue weighted by atomic mass is 10.2. The van der Waals surface area contributed by atoms with E-state index in [2.05, 4.69) is 16.6 Å². The number of rotatable bonds is 5. The van der Waals surface area contributed by atoms with Crippen molar-refractivity contribution in [3.63, 3.8) is 0 Å². The van der Waals surface area contributed by atoms with Gasteiger partial charge in [-0.2, -0.15) is 0 Å². The van der Waals surface area contributed by atoms with E-state index in [0.29, 0.717) is 5.57 Å². The number of hydrogen-bond acceptors (Lipinski definition) is 2. The molecule has 0 saturated carbocycles. The molecule has 0 radical (unpaired) electrons. The largest absolute Gasteiger partial charge is 0.364 e. The number of nitrogens with one attached hydrogen (secondary N) is 1. The van der Waals surface area contributed by atoms with Gasteiger partial charge in [-0.05, 0) is 6.42 Å². The minimum Gasteiger partial charge on any atom is -0.364 e. The van der Waals surface area contributed by atoms with Crippen LogP contribution in [0.4, 0.5) is 0 Å². The molecule has 0 aliphatic heterocycles. The zero-order valence-electron chi connectivity index (χ0n) is 7.14. The fourth-order valence-electron chi connectivity index (χ4n) is 0.678. The summed E-state index contributed by atoms with van der Waals surface area (Å²) in [6.45, 7) is 5.89. The van der Waals surface area contributed by atoms with E-state index in [1.165, 1.54) is 7.11 Å². The molecule has 0 spiro atoms. The summed E-state index contributed by atoms with van der Waals surface area (Å²) in [4.78, 5) is 11.0. The molecule has 0 rings (SSSR count). The normalized spacial score (nSPS) is 9.27. The zero-order valence-corrected chi connectivity index (χ0v) is 7.14. The third-order valence-corrected chi connectivity index (χ3v) is 1.25. The van der Waals surface area contributed by atoms with E-state index in [9.17, 15) is 4.79 Å². The molecule has 0 aromatic carbocycles. The minimum absolute atomic E-state index is 0.117. The maximum Gasteiger partial charge on any atom is 0.248 e. The molecular formula is C8H15NO2. The van der Waals surface area contributed by atoms with Gasteiger partial charge in [-0.1, -0.05) is 19.9 Å². The van der Waals surface area contributed by atoms with Crippen LogP contribution in [-0.4, -0.2) is 19.7 Å². The van der Waals surface area contributed by atoms with E-state index in [1.54, 1.807) is 0 Å². The third kappa shape index (κ3) is 4.56. The van der Waals surface area contributed by atoms with Gasteiger partial charge in [0.15, 0.2) is 0 Å². The Kier molecular flexibility index (Phi) is 5.47. The molecule has 0 unspecified atom stereocenters. The van der Waals surface area contributed by atoms with E-state index in [4.69, 9.17) is 0 Å². The first kappa shape index (κ1) is 10.2. The molecule has 0 atom stereocenters. The van der Waals surface area contributed by atoms with Gasteiger partial charge < -0.3 is 10.1 Å². The van der Waals surface area contributed by atoms with Gasteiger partial charge in [-0.25, -0.2) is 0 Å². The number of carbonyl (C=O) groups excluding carboxylic acids is 1. The van der Waals surface area contributed by atoms with Crippen molar-refractivity contribution < 1.29 is 9.53 Å². The van der Waals surface area contributed by atoms with Crippen LogP contribution >= 0.6 is 0 Å². The molecule has 0 aromatic heterocycles. The molecule has 1 N–H and O–H groups in total. The van der Waals surface area contributed by atoms with E-state index in [1.807, 2.05) is 6.92 Å². The van der Waals surface area contributed by atoms with Crippen molar-refractivity contribution in [1.29, 1.82) is 0 Å². The van der Waals surface area contributed by atoms with E-state index in [-0.39, 0.29) is 12.6 Å². The molecule has 0 aliphatic rings. The van der Waals surface area contributed by atoms with Gasteiger partial charge in [0.2, 0.25) is 5.91 Å².